The first-order valence-electron chi connectivity index (χ1n) is 4.97. The van der Waals surface area contributed by atoms with Gasteiger partial charge in [-0.3, -0.25) is 4.79 Å². The molecule has 0 atom stereocenters. The van der Waals surface area contributed by atoms with Crippen LogP contribution in [-0.4, -0.2) is 17.1 Å². The number of hydrogen-bond donors (Lipinski definition) is 2. The predicted octanol–water partition coefficient (Wildman–Crippen LogP) is 2.02. The molecule has 0 bridgehead atoms. The van der Waals surface area contributed by atoms with Crippen molar-refractivity contribution in [2.24, 2.45) is 0 Å². The summed E-state index contributed by atoms with van der Waals surface area (Å²) >= 11 is 0. The van der Waals surface area contributed by atoms with E-state index < -0.39 is 0 Å². The average Bonchev–Trinajstić information content (AvgIpc) is 2.67. The topological polar surface area (TPSA) is 57.9 Å². The quantitative estimate of drug-likeness (QED) is 0.651. The van der Waals surface area contributed by atoms with E-state index in [0.717, 1.165) is 27.6 Å². The maximum Gasteiger partial charge on any atom is 0.248 e. The molecule has 3 rings (SSSR count). The molecule has 0 radical (unpaired) electrons. The Hall–Kier alpha value is -2.23. The summed E-state index contributed by atoms with van der Waals surface area (Å²) < 4.78 is 5.27. The van der Waals surface area contributed by atoms with E-state index in [9.17, 15) is 4.79 Å². The minimum atomic E-state index is -0.101. The zero-order valence-electron chi connectivity index (χ0n) is 8.70. The molecule has 2 N–H and O–H groups in total. The highest BCUT2D eigenvalue weighted by Crippen LogP contribution is 2.30. The Bertz CT molecular complexity index is 725. The highest BCUT2D eigenvalue weighted by atomic mass is 16.5. The molecule has 2 aromatic heterocycles. The van der Waals surface area contributed by atoms with Crippen LogP contribution in [0.4, 0.5) is 0 Å². The van der Waals surface area contributed by atoms with Gasteiger partial charge in [-0.2, -0.15) is 0 Å². The smallest absolute Gasteiger partial charge is 0.248 e. The lowest BCUT2D eigenvalue weighted by Crippen LogP contribution is -2.00. The van der Waals surface area contributed by atoms with E-state index in [-0.39, 0.29) is 5.56 Å². The molecule has 0 aliphatic rings. The molecule has 0 fully saturated rings. The van der Waals surface area contributed by atoms with Gasteiger partial charge in [0.1, 0.15) is 5.75 Å². The van der Waals surface area contributed by atoms with Gasteiger partial charge in [-0.1, -0.05) is 12.1 Å². The van der Waals surface area contributed by atoms with Gasteiger partial charge in [0.2, 0.25) is 5.56 Å². The number of H-pyrrole nitrogens is 2. The maximum atomic E-state index is 11.3. The molecule has 0 saturated heterocycles. The standard InChI is InChI=1S/C12H10N2O2/c1-16-10-4-2-3-7-8-5-11(15)13-6-9(8)14-12(7)10/h2-6,14H,1H3,(H,13,15). The molecule has 0 unspecified atom stereocenters. The molecule has 0 saturated carbocycles. The van der Waals surface area contributed by atoms with Crippen molar-refractivity contribution in [3.8, 4) is 5.75 Å². The SMILES string of the molecule is COc1cccc2c1[nH]c1c[nH]c(=O)cc12. The zero-order chi connectivity index (χ0) is 11.1. The van der Waals surface area contributed by atoms with Crippen molar-refractivity contribution in [2.45, 2.75) is 0 Å². The minimum Gasteiger partial charge on any atom is -0.495 e. The molecular formula is C12H10N2O2. The highest BCUT2D eigenvalue weighted by Gasteiger charge is 2.07. The lowest BCUT2D eigenvalue weighted by Gasteiger charge is -1.99. The van der Waals surface area contributed by atoms with Crippen LogP contribution in [0.25, 0.3) is 21.8 Å². The number of aromatic amines is 2. The largest absolute Gasteiger partial charge is 0.495 e. The van der Waals surface area contributed by atoms with Gasteiger partial charge in [-0.15, -0.1) is 0 Å². The first-order chi connectivity index (χ1) is 7.79. The molecule has 1 aromatic carbocycles. The zero-order valence-corrected chi connectivity index (χ0v) is 8.70. The van der Waals surface area contributed by atoms with Crippen molar-refractivity contribution in [1.29, 1.82) is 0 Å². The van der Waals surface area contributed by atoms with Gasteiger partial charge < -0.3 is 14.7 Å². The van der Waals surface area contributed by atoms with Crippen molar-refractivity contribution in [2.75, 3.05) is 7.11 Å². The molecule has 0 amide bonds. The number of aromatic nitrogens is 2. The summed E-state index contributed by atoms with van der Waals surface area (Å²) in [5, 5.41) is 1.91. The van der Waals surface area contributed by atoms with E-state index in [4.69, 9.17) is 4.74 Å². The number of fused-ring (bicyclic) bond motifs is 3. The number of ether oxygens (including phenoxy) is 1. The van der Waals surface area contributed by atoms with Crippen LogP contribution >= 0.6 is 0 Å². The molecule has 0 spiro atoms. The number of methoxy groups -OCH3 is 1. The second-order valence-electron chi connectivity index (χ2n) is 3.63. The summed E-state index contributed by atoms with van der Waals surface area (Å²) in [5.74, 6) is 0.779. The Morgan fingerprint density at radius 3 is 2.94 bits per heavy atom. The Morgan fingerprint density at radius 2 is 2.12 bits per heavy atom. The molecule has 3 aromatic rings. The number of benzene rings is 1. The average molecular weight is 214 g/mol. The van der Waals surface area contributed by atoms with Crippen LogP contribution in [-0.2, 0) is 0 Å². The molecule has 80 valence electrons. The van der Waals surface area contributed by atoms with Gasteiger partial charge in [0.15, 0.2) is 0 Å². The number of pyridine rings is 1. The summed E-state index contributed by atoms with van der Waals surface area (Å²) in [5.41, 5.74) is 1.72. The van der Waals surface area contributed by atoms with Crippen LogP contribution in [0.3, 0.4) is 0 Å². The Labute approximate surface area is 90.9 Å². The summed E-state index contributed by atoms with van der Waals surface area (Å²) in [6.07, 6.45) is 1.68. The fourth-order valence-corrected chi connectivity index (χ4v) is 1.99. The third-order valence-corrected chi connectivity index (χ3v) is 2.72. The van der Waals surface area contributed by atoms with Crippen molar-refractivity contribution in [3.63, 3.8) is 0 Å². The second-order valence-corrected chi connectivity index (χ2v) is 3.63. The second kappa shape index (κ2) is 3.13. The van der Waals surface area contributed by atoms with Crippen LogP contribution < -0.4 is 10.3 Å². The van der Waals surface area contributed by atoms with Crippen molar-refractivity contribution in [1.82, 2.24) is 9.97 Å². The Balaban J connectivity index is 2.55. The van der Waals surface area contributed by atoms with E-state index in [2.05, 4.69) is 9.97 Å². The number of rotatable bonds is 1. The molecular weight excluding hydrogens is 204 g/mol. The summed E-state index contributed by atoms with van der Waals surface area (Å²) in [4.78, 5) is 17.2. The predicted molar refractivity (Wildman–Crippen MR) is 63.0 cm³/mol. The van der Waals surface area contributed by atoms with Gasteiger partial charge in [0, 0.05) is 23.0 Å². The molecule has 4 heteroatoms. The van der Waals surface area contributed by atoms with Gasteiger partial charge in [-0.05, 0) is 6.07 Å². The van der Waals surface area contributed by atoms with E-state index in [1.165, 1.54) is 0 Å². The van der Waals surface area contributed by atoms with Gasteiger partial charge in [0.05, 0.1) is 18.1 Å². The van der Waals surface area contributed by atoms with Crippen LogP contribution in [0.15, 0.2) is 35.3 Å². The lowest BCUT2D eigenvalue weighted by atomic mass is 10.2. The van der Waals surface area contributed by atoms with Crippen molar-refractivity contribution in [3.05, 3.63) is 40.8 Å². The molecule has 16 heavy (non-hydrogen) atoms. The van der Waals surface area contributed by atoms with Crippen LogP contribution in [0.1, 0.15) is 0 Å². The highest BCUT2D eigenvalue weighted by molar-refractivity contribution is 6.08. The first kappa shape index (κ1) is 9.03. The van der Waals surface area contributed by atoms with E-state index in [0.29, 0.717) is 0 Å². The maximum absolute atomic E-state index is 11.3. The van der Waals surface area contributed by atoms with E-state index in [1.54, 1.807) is 19.4 Å². The van der Waals surface area contributed by atoms with Crippen LogP contribution in [0, 0.1) is 0 Å². The summed E-state index contributed by atoms with van der Waals surface area (Å²) in [6, 6.07) is 7.36. The van der Waals surface area contributed by atoms with Crippen molar-refractivity contribution >= 4 is 21.8 Å². The fraction of sp³-hybridized carbons (Fsp3) is 0.0833. The molecule has 4 nitrogen and oxygen atoms in total. The number of para-hydroxylation sites is 1. The number of hydrogen-bond acceptors (Lipinski definition) is 2. The third-order valence-electron chi connectivity index (χ3n) is 2.72. The number of nitrogens with one attached hydrogen (secondary N) is 2. The van der Waals surface area contributed by atoms with E-state index >= 15 is 0 Å². The van der Waals surface area contributed by atoms with Crippen LogP contribution in [0.2, 0.25) is 0 Å². The lowest BCUT2D eigenvalue weighted by molar-refractivity contribution is 0.419. The van der Waals surface area contributed by atoms with Gasteiger partial charge in [0.25, 0.3) is 0 Å². The minimum absolute atomic E-state index is 0.101. The summed E-state index contributed by atoms with van der Waals surface area (Å²) in [7, 11) is 1.63. The first-order valence-corrected chi connectivity index (χ1v) is 4.97. The third kappa shape index (κ3) is 1.13. The summed E-state index contributed by atoms with van der Waals surface area (Å²) in [6.45, 7) is 0. The normalized spacial score (nSPS) is 11.1. The molecule has 2 heterocycles. The van der Waals surface area contributed by atoms with Crippen molar-refractivity contribution < 1.29 is 4.74 Å². The van der Waals surface area contributed by atoms with Gasteiger partial charge >= 0.3 is 0 Å². The fourth-order valence-electron chi connectivity index (χ4n) is 1.99. The Kier molecular flexibility index (Phi) is 1.77. The molecule has 0 aliphatic carbocycles. The van der Waals surface area contributed by atoms with Crippen LogP contribution in [0.5, 0.6) is 5.75 Å². The molecule has 0 aliphatic heterocycles. The monoisotopic (exact) mass is 214 g/mol. The van der Waals surface area contributed by atoms with E-state index in [1.807, 2.05) is 18.2 Å². The Morgan fingerprint density at radius 1 is 1.25 bits per heavy atom. The van der Waals surface area contributed by atoms with Gasteiger partial charge in [-0.25, -0.2) is 0 Å².